The first-order valence-corrected chi connectivity index (χ1v) is 9.78. The highest BCUT2D eigenvalue weighted by atomic mass is 127. The Hall–Kier alpha value is -0.820. The lowest BCUT2D eigenvalue weighted by atomic mass is 10.2. The number of rotatable bonds is 5. The summed E-state index contributed by atoms with van der Waals surface area (Å²) in [5, 5.41) is -0.491. The molecule has 0 saturated carbocycles. The number of esters is 1. The molecule has 0 aliphatic carbocycles. The number of benzene rings is 1. The normalized spacial score (nSPS) is 16.0. The molecule has 1 aliphatic rings. The first kappa shape index (κ1) is 19.5. The van der Waals surface area contributed by atoms with Crippen LogP contribution in [0.5, 0.6) is 5.75 Å². The number of ether oxygens (including phenoxy) is 2. The summed E-state index contributed by atoms with van der Waals surface area (Å²) in [7, 11) is 1.21. The Balaban J connectivity index is 2.37. The smallest absolute Gasteiger partial charge is 0.325 e. The molecule has 0 aromatic heterocycles. The van der Waals surface area contributed by atoms with Gasteiger partial charge in [-0.25, -0.2) is 0 Å². The highest BCUT2D eigenvalue weighted by molar-refractivity contribution is 14.1. The van der Waals surface area contributed by atoms with Crippen molar-refractivity contribution in [2.45, 2.75) is 6.92 Å². The summed E-state index contributed by atoms with van der Waals surface area (Å²) in [5.41, 5.74) is 0.719. The second-order valence-corrected chi connectivity index (χ2v) is 7.98. The molecule has 9 heteroatoms. The molecule has 0 spiro atoms. The zero-order valence-electron chi connectivity index (χ0n) is 12.8. The molecule has 1 saturated heterocycles. The fraction of sp³-hybridized carbons (Fsp3) is 0.267. The van der Waals surface area contributed by atoms with Gasteiger partial charge in [-0.05, 0) is 82.1 Å². The van der Waals surface area contributed by atoms with E-state index in [0.717, 1.165) is 29.4 Å². The minimum absolute atomic E-state index is 0.252. The molecule has 2 amide bonds. The van der Waals surface area contributed by atoms with Crippen LogP contribution in [0.2, 0.25) is 0 Å². The van der Waals surface area contributed by atoms with Gasteiger partial charge in [0.1, 0.15) is 12.3 Å². The monoisotopic (exact) mass is 573 g/mol. The van der Waals surface area contributed by atoms with Gasteiger partial charge < -0.3 is 9.47 Å². The number of imide groups is 1. The number of carbonyl (C=O) groups is 3. The Labute approximate surface area is 170 Å². The Kier molecular flexibility index (Phi) is 6.92. The zero-order chi connectivity index (χ0) is 17.9. The summed E-state index contributed by atoms with van der Waals surface area (Å²) in [6.07, 6.45) is 1.62. The molecule has 1 aliphatic heterocycles. The molecule has 1 aromatic rings. The molecule has 0 atom stereocenters. The average molecular weight is 573 g/mol. The van der Waals surface area contributed by atoms with Gasteiger partial charge in [-0.3, -0.25) is 19.3 Å². The lowest BCUT2D eigenvalue weighted by molar-refractivity contribution is -0.143. The van der Waals surface area contributed by atoms with E-state index in [1.807, 2.05) is 19.1 Å². The van der Waals surface area contributed by atoms with Gasteiger partial charge in [0.25, 0.3) is 11.1 Å². The molecule has 1 fully saturated rings. The quantitative estimate of drug-likeness (QED) is 0.305. The van der Waals surface area contributed by atoms with Gasteiger partial charge in [-0.1, -0.05) is 0 Å². The predicted octanol–water partition coefficient (Wildman–Crippen LogP) is 3.50. The van der Waals surface area contributed by atoms with Crippen molar-refractivity contribution >= 4 is 80.1 Å². The second kappa shape index (κ2) is 8.52. The van der Waals surface area contributed by atoms with Crippen LogP contribution in [0.25, 0.3) is 6.08 Å². The van der Waals surface area contributed by atoms with E-state index in [2.05, 4.69) is 49.9 Å². The molecule has 1 aromatic carbocycles. The fourth-order valence-corrected chi connectivity index (χ4v) is 4.83. The Morgan fingerprint density at radius 1 is 1.33 bits per heavy atom. The molecule has 0 unspecified atom stereocenters. The third kappa shape index (κ3) is 4.42. The van der Waals surface area contributed by atoms with Crippen molar-refractivity contribution in [3.63, 3.8) is 0 Å². The Bertz CT molecular complexity index is 735. The number of hydrogen-bond acceptors (Lipinski definition) is 6. The summed E-state index contributed by atoms with van der Waals surface area (Å²) >= 11 is 5.14. The van der Waals surface area contributed by atoms with Gasteiger partial charge in [-0.2, -0.15) is 0 Å². The molecular weight excluding hydrogens is 560 g/mol. The lowest BCUT2D eigenvalue weighted by Gasteiger charge is -2.11. The first-order valence-electron chi connectivity index (χ1n) is 6.81. The van der Waals surface area contributed by atoms with Crippen molar-refractivity contribution in [2.24, 2.45) is 0 Å². The molecule has 0 radical (unpaired) electrons. The minimum Gasteiger partial charge on any atom is -0.492 e. The summed E-state index contributed by atoms with van der Waals surface area (Å²) in [5.74, 6) is -0.484. The van der Waals surface area contributed by atoms with Crippen molar-refractivity contribution in [3.8, 4) is 5.75 Å². The molecule has 6 nitrogen and oxygen atoms in total. The van der Waals surface area contributed by atoms with Gasteiger partial charge in [0, 0.05) is 9.13 Å². The number of methoxy groups -OCH3 is 1. The number of thioether (sulfide) groups is 1. The van der Waals surface area contributed by atoms with Crippen LogP contribution in [0.1, 0.15) is 12.5 Å². The van der Waals surface area contributed by atoms with Crippen LogP contribution >= 0.6 is 56.9 Å². The summed E-state index contributed by atoms with van der Waals surface area (Å²) in [6, 6.07) is 3.84. The number of carbonyl (C=O) groups excluding carboxylic acids is 3. The maximum absolute atomic E-state index is 12.4. The third-order valence-electron chi connectivity index (χ3n) is 3.00. The van der Waals surface area contributed by atoms with E-state index in [4.69, 9.17) is 4.74 Å². The second-order valence-electron chi connectivity index (χ2n) is 4.58. The van der Waals surface area contributed by atoms with Crippen LogP contribution in [0.3, 0.4) is 0 Å². The van der Waals surface area contributed by atoms with Gasteiger partial charge in [0.05, 0.1) is 22.2 Å². The number of amides is 2. The first-order chi connectivity index (χ1) is 11.4. The van der Waals surface area contributed by atoms with Crippen molar-refractivity contribution < 1.29 is 23.9 Å². The topological polar surface area (TPSA) is 72.9 Å². The SMILES string of the molecule is CCOc1c(I)cc(I)cc1/C=C1\SC(=O)N(CC(=O)OC)C1=O. The fourth-order valence-electron chi connectivity index (χ4n) is 1.96. The van der Waals surface area contributed by atoms with E-state index in [0.29, 0.717) is 12.4 Å². The van der Waals surface area contributed by atoms with Crippen LogP contribution in [0.15, 0.2) is 17.0 Å². The Morgan fingerprint density at radius 3 is 2.67 bits per heavy atom. The molecule has 0 N–H and O–H groups in total. The van der Waals surface area contributed by atoms with Crippen LogP contribution in [0.4, 0.5) is 4.79 Å². The van der Waals surface area contributed by atoms with E-state index in [9.17, 15) is 14.4 Å². The Morgan fingerprint density at radius 2 is 2.04 bits per heavy atom. The molecular formula is C15H13I2NO5S. The number of hydrogen-bond donors (Lipinski definition) is 0. The van der Waals surface area contributed by atoms with Crippen LogP contribution in [0, 0.1) is 7.14 Å². The van der Waals surface area contributed by atoms with E-state index >= 15 is 0 Å². The summed E-state index contributed by atoms with van der Waals surface area (Å²) < 4.78 is 12.1. The number of halogens is 2. The van der Waals surface area contributed by atoms with E-state index in [1.165, 1.54) is 7.11 Å². The van der Waals surface area contributed by atoms with Gasteiger partial charge >= 0.3 is 5.97 Å². The van der Waals surface area contributed by atoms with Gasteiger partial charge in [0.2, 0.25) is 0 Å². The van der Waals surface area contributed by atoms with E-state index in [-0.39, 0.29) is 11.4 Å². The third-order valence-corrected chi connectivity index (χ3v) is 5.33. The lowest BCUT2D eigenvalue weighted by Crippen LogP contribution is -2.34. The molecule has 24 heavy (non-hydrogen) atoms. The molecule has 128 valence electrons. The highest BCUT2D eigenvalue weighted by Crippen LogP contribution is 2.36. The highest BCUT2D eigenvalue weighted by Gasteiger charge is 2.36. The van der Waals surface area contributed by atoms with Gasteiger partial charge in [-0.15, -0.1) is 0 Å². The van der Waals surface area contributed by atoms with Crippen LogP contribution < -0.4 is 4.74 Å². The summed E-state index contributed by atoms with van der Waals surface area (Å²) in [6.45, 7) is 1.98. The van der Waals surface area contributed by atoms with Crippen molar-refractivity contribution in [2.75, 3.05) is 20.3 Å². The standard InChI is InChI=1S/C15H13I2NO5S/c1-3-23-13-8(4-9(16)6-10(13)17)5-11-14(20)18(15(21)24-11)7-12(19)22-2/h4-6H,3,7H2,1-2H3/b11-5-. The maximum atomic E-state index is 12.4. The van der Waals surface area contributed by atoms with Crippen molar-refractivity contribution in [3.05, 3.63) is 29.7 Å². The molecule has 0 bridgehead atoms. The largest absolute Gasteiger partial charge is 0.492 e. The van der Waals surface area contributed by atoms with Crippen LogP contribution in [-0.4, -0.2) is 42.3 Å². The maximum Gasteiger partial charge on any atom is 0.325 e. The van der Waals surface area contributed by atoms with Crippen molar-refractivity contribution in [1.29, 1.82) is 0 Å². The van der Waals surface area contributed by atoms with Crippen LogP contribution in [-0.2, 0) is 14.3 Å². The van der Waals surface area contributed by atoms with Crippen molar-refractivity contribution in [1.82, 2.24) is 4.90 Å². The summed E-state index contributed by atoms with van der Waals surface area (Å²) in [4.78, 5) is 36.8. The zero-order valence-corrected chi connectivity index (χ0v) is 17.9. The minimum atomic E-state index is -0.641. The number of nitrogens with zero attached hydrogens (tertiary/aromatic N) is 1. The molecule has 2 rings (SSSR count). The van der Waals surface area contributed by atoms with Gasteiger partial charge in [0.15, 0.2) is 0 Å². The predicted molar refractivity (Wildman–Crippen MR) is 108 cm³/mol. The van der Waals surface area contributed by atoms with E-state index in [1.54, 1.807) is 6.08 Å². The van der Waals surface area contributed by atoms with E-state index < -0.39 is 17.1 Å². The molecule has 1 heterocycles. The average Bonchev–Trinajstić information content (AvgIpc) is 2.78.